The Hall–Kier alpha value is -2.05. The van der Waals surface area contributed by atoms with Crippen LogP contribution in [0.5, 0.6) is 0 Å². The third-order valence-corrected chi connectivity index (χ3v) is 3.53. The number of carbonyl (C=O) groups excluding carboxylic acids is 1. The number of rotatable bonds is 4. The number of halogens is 4. The monoisotopic (exact) mass is 343 g/mol. The second-order valence-corrected chi connectivity index (χ2v) is 5.44. The highest BCUT2D eigenvalue weighted by atomic mass is 35.5. The predicted molar refractivity (Wildman–Crippen MR) is 79.7 cm³/mol. The fraction of sp³-hybridized carbons (Fsp3) is 0.188. The summed E-state index contributed by atoms with van der Waals surface area (Å²) in [5.41, 5.74) is -0.146. The molecule has 0 fully saturated rings. The molecule has 0 aliphatic heterocycles. The summed E-state index contributed by atoms with van der Waals surface area (Å²) < 4.78 is 39.8. The van der Waals surface area contributed by atoms with Crippen LogP contribution in [0.2, 0.25) is 5.02 Å². The Labute approximate surface area is 135 Å². The van der Waals surface area contributed by atoms with Gasteiger partial charge in [0, 0.05) is 5.02 Å². The van der Waals surface area contributed by atoms with E-state index in [1.54, 1.807) is 0 Å². The van der Waals surface area contributed by atoms with Gasteiger partial charge < -0.3 is 10.4 Å². The molecule has 3 nitrogen and oxygen atoms in total. The molecule has 1 amide bonds. The first-order valence-electron chi connectivity index (χ1n) is 6.68. The topological polar surface area (TPSA) is 49.3 Å². The van der Waals surface area contributed by atoms with E-state index in [1.165, 1.54) is 25.1 Å². The van der Waals surface area contributed by atoms with Crippen molar-refractivity contribution in [1.82, 2.24) is 5.32 Å². The number of hydrogen-bond donors (Lipinski definition) is 2. The first-order valence-corrected chi connectivity index (χ1v) is 7.06. The number of carbonyl (C=O) groups is 1. The maximum absolute atomic E-state index is 13.7. The number of amides is 1. The average molecular weight is 344 g/mol. The Morgan fingerprint density at radius 3 is 2.39 bits per heavy atom. The lowest BCUT2D eigenvalue weighted by molar-refractivity contribution is 0.0847. The average Bonchev–Trinajstić information content (AvgIpc) is 2.49. The molecule has 2 aromatic rings. The van der Waals surface area contributed by atoms with Crippen molar-refractivity contribution in [1.29, 1.82) is 0 Å². The highest BCUT2D eigenvalue weighted by Gasteiger charge is 2.21. The van der Waals surface area contributed by atoms with E-state index in [0.717, 1.165) is 18.2 Å². The Bertz CT molecular complexity index is 739. The summed E-state index contributed by atoms with van der Waals surface area (Å²) in [6.07, 6.45) is -1.29. The molecule has 0 spiro atoms. The molecular formula is C16H13ClF3NO2. The summed E-state index contributed by atoms with van der Waals surface area (Å²) >= 11 is 5.61. The quantitative estimate of drug-likeness (QED) is 0.891. The van der Waals surface area contributed by atoms with Crippen LogP contribution in [0.3, 0.4) is 0 Å². The van der Waals surface area contributed by atoms with Crippen molar-refractivity contribution in [3.8, 4) is 0 Å². The van der Waals surface area contributed by atoms with E-state index in [-0.39, 0.29) is 16.1 Å². The van der Waals surface area contributed by atoms with Crippen molar-refractivity contribution in [2.24, 2.45) is 0 Å². The van der Waals surface area contributed by atoms with Gasteiger partial charge >= 0.3 is 0 Å². The number of aliphatic hydroxyl groups excluding tert-OH is 1. The van der Waals surface area contributed by atoms with E-state index in [0.29, 0.717) is 0 Å². The minimum atomic E-state index is -1.29. The first kappa shape index (κ1) is 17.3. The van der Waals surface area contributed by atoms with Gasteiger partial charge in [-0.1, -0.05) is 17.7 Å². The van der Waals surface area contributed by atoms with Gasteiger partial charge in [-0.3, -0.25) is 4.79 Å². The smallest absolute Gasteiger partial charge is 0.254 e. The van der Waals surface area contributed by atoms with Crippen LogP contribution in [0.1, 0.15) is 28.9 Å². The number of hydrogen-bond acceptors (Lipinski definition) is 2. The molecule has 0 saturated heterocycles. The maximum atomic E-state index is 13.7. The van der Waals surface area contributed by atoms with E-state index >= 15 is 0 Å². The van der Waals surface area contributed by atoms with Gasteiger partial charge in [0.25, 0.3) is 5.91 Å². The molecule has 2 rings (SSSR count). The minimum Gasteiger partial charge on any atom is -0.386 e. The fourth-order valence-corrected chi connectivity index (χ4v) is 2.18. The van der Waals surface area contributed by atoms with Crippen molar-refractivity contribution >= 4 is 17.5 Å². The molecule has 0 aliphatic rings. The number of nitrogens with one attached hydrogen (secondary N) is 1. The van der Waals surface area contributed by atoms with Gasteiger partial charge in [0.1, 0.15) is 5.82 Å². The van der Waals surface area contributed by atoms with E-state index in [1.807, 2.05) is 0 Å². The highest BCUT2D eigenvalue weighted by Crippen LogP contribution is 2.20. The summed E-state index contributed by atoms with van der Waals surface area (Å²) in [5.74, 6) is -3.71. The first-order chi connectivity index (χ1) is 10.8. The van der Waals surface area contributed by atoms with Crippen molar-refractivity contribution < 1.29 is 23.1 Å². The zero-order valence-corrected chi connectivity index (χ0v) is 12.7. The predicted octanol–water partition coefficient (Wildman–Crippen LogP) is 3.61. The minimum absolute atomic E-state index is 0.0910. The summed E-state index contributed by atoms with van der Waals surface area (Å²) in [6.45, 7) is 1.46. The largest absolute Gasteiger partial charge is 0.386 e. The van der Waals surface area contributed by atoms with Crippen LogP contribution in [-0.4, -0.2) is 17.1 Å². The molecule has 0 radical (unpaired) electrons. The van der Waals surface area contributed by atoms with Crippen molar-refractivity contribution in [3.05, 3.63) is 70.0 Å². The van der Waals surface area contributed by atoms with E-state index in [4.69, 9.17) is 11.6 Å². The van der Waals surface area contributed by atoms with Gasteiger partial charge in [-0.05, 0) is 42.8 Å². The van der Waals surface area contributed by atoms with E-state index in [2.05, 4.69) is 5.32 Å². The lowest BCUT2D eigenvalue weighted by Crippen LogP contribution is -2.37. The molecule has 7 heteroatoms. The molecule has 2 N–H and O–H groups in total. The molecule has 0 saturated carbocycles. The van der Waals surface area contributed by atoms with Gasteiger partial charge in [0.05, 0.1) is 17.7 Å². The Morgan fingerprint density at radius 2 is 1.78 bits per heavy atom. The van der Waals surface area contributed by atoms with Crippen LogP contribution in [-0.2, 0) is 0 Å². The van der Waals surface area contributed by atoms with E-state index in [9.17, 15) is 23.1 Å². The lowest BCUT2D eigenvalue weighted by atomic mass is 10.0. The normalized spacial score (nSPS) is 13.5. The summed E-state index contributed by atoms with van der Waals surface area (Å²) in [4.78, 5) is 12.0. The summed E-state index contributed by atoms with van der Waals surface area (Å²) in [5, 5.41) is 12.6. The zero-order valence-electron chi connectivity index (χ0n) is 12.0. The van der Waals surface area contributed by atoms with Crippen LogP contribution < -0.4 is 5.32 Å². The van der Waals surface area contributed by atoms with Crippen LogP contribution in [0.15, 0.2) is 36.4 Å². The highest BCUT2D eigenvalue weighted by molar-refractivity contribution is 6.30. The molecule has 0 aromatic heterocycles. The molecule has 2 aromatic carbocycles. The molecule has 23 heavy (non-hydrogen) atoms. The van der Waals surface area contributed by atoms with Gasteiger partial charge in [-0.25, -0.2) is 13.2 Å². The molecule has 0 bridgehead atoms. The van der Waals surface area contributed by atoms with Gasteiger partial charge in [0.2, 0.25) is 0 Å². The van der Waals surface area contributed by atoms with Gasteiger partial charge in [-0.2, -0.15) is 0 Å². The second-order valence-electron chi connectivity index (χ2n) is 5.00. The van der Waals surface area contributed by atoms with Crippen LogP contribution >= 0.6 is 11.6 Å². The molecule has 0 heterocycles. The van der Waals surface area contributed by atoms with Crippen molar-refractivity contribution in [2.75, 3.05) is 0 Å². The van der Waals surface area contributed by atoms with Gasteiger partial charge in [-0.15, -0.1) is 0 Å². The summed E-state index contributed by atoms with van der Waals surface area (Å²) in [6, 6.07) is 5.62. The van der Waals surface area contributed by atoms with Crippen molar-refractivity contribution in [3.63, 3.8) is 0 Å². The van der Waals surface area contributed by atoms with Crippen LogP contribution in [0, 0.1) is 17.5 Å². The summed E-state index contributed by atoms with van der Waals surface area (Å²) in [7, 11) is 0. The van der Waals surface area contributed by atoms with Gasteiger partial charge in [0.15, 0.2) is 11.6 Å². The number of benzene rings is 2. The fourth-order valence-electron chi connectivity index (χ4n) is 2.02. The van der Waals surface area contributed by atoms with Crippen molar-refractivity contribution in [2.45, 2.75) is 19.1 Å². The maximum Gasteiger partial charge on any atom is 0.254 e. The molecule has 122 valence electrons. The lowest BCUT2D eigenvalue weighted by Gasteiger charge is -2.21. The van der Waals surface area contributed by atoms with Crippen LogP contribution in [0.4, 0.5) is 13.2 Å². The van der Waals surface area contributed by atoms with E-state index < -0.39 is 35.5 Å². The Kier molecular flexibility index (Phi) is 5.28. The molecule has 2 unspecified atom stereocenters. The second kappa shape index (κ2) is 7.02. The van der Waals surface area contributed by atoms with Crippen LogP contribution in [0.25, 0.3) is 0 Å². The Morgan fingerprint density at radius 1 is 1.09 bits per heavy atom. The standard InChI is InChI=1S/C16H13ClF3NO2/c1-8(15(22)9-2-5-12(18)14(20)6-9)21-16(23)11-4-3-10(17)7-13(11)19/h2-8,15,22H,1H3,(H,21,23). The third kappa shape index (κ3) is 4.03. The third-order valence-electron chi connectivity index (χ3n) is 3.29. The molecule has 0 aliphatic carbocycles. The number of aliphatic hydroxyl groups is 1. The molecule has 2 atom stereocenters. The zero-order chi connectivity index (χ0) is 17.1. The molecular weight excluding hydrogens is 331 g/mol. The SMILES string of the molecule is CC(NC(=O)c1ccc(Cl)cc1F)C(O)c1ccc(F)c(F)c1. The Balaban J connectivity index is 2.12.